The van der Waals surface area contributed by atoms with Gasteiger partial charge in [0.1, 0.15) is 11.4 Å². The summed E-state index contributed by atoms with van der Waals surface area (Å²) >= 11 is 3.54. The largest absolute Gasteiger partial charge is 0.504 e. The van der Waals surface area contributed by atoms with Gasteiger partial charge in [0.05, 0.1) is 10.5 Å². The van der Waals surface area contributed by atoms with Crippen LogP contribution in [0.3, 0.4) is 0 Å². The summed E-state index contributed by atoms with van der Waals surface area (Å²) in [5.41, 5.74) is 1.89. The zero-order chi connectivity index (χ0) is 20.7. The van der Waals surface area contributed by atoms with Crippen molar-refractivity contribution in [3.8, 4) is 5.75 Å². The van der Waals surface area contributed by atoms with Crippen molar-refractivity contribution >= 4 is 38.6 Å². The molecule has 8 nitrogen and oxygen atoms in total. The van der Waals surface area contributed by atoms with E-state index in [-0.39, 0.29) is 29.3 Å². The lowest BCUT2D eigenvalue weighted by atomic mass is 10.1. The molecule has 29 heavy (non-hydrogen) atoms. The fourth-order valence-electron chi connectivity index (χ4n) is 3.55. The minimum absolute atomic E-state index is 0.0549. The Hall–Kier alpha value is -3.07. The number of carbonyl (C=O) groups excluding carboxylic acids is 2. The molecule has 0 aliphatic carbocycles. The molecule has 3 N–H and O–H groups in total. The van der Waals surface area contributed by atoms with Crippen molar-refractivity contribution in [2.45, 2.75) is 13.0 Å². The van der Waals surface area contributed by atoms with E-state index < -0.39 is 0 Å². The maximum Gasteiger partial charge on any atom is 0.276 e. The van der Waals surface area contributed by atoms with Crippen LogP contribution in [0.5, 0.6) is 5.75 Å². The second-order valence-corrected chi connectivity index (χ2v) is 7.78. The van der Waals surface area contributed by atoms with Crippen molar-refractivity contribution in [1.29, 1.82) is 0 Å². The minimum atomic E-state index is -0.363. The summed E-state index contributed by atoms with van der Waals surface area (Å²) in [5, 5.41) is 20.4. The normalized spacial score (nSPS) is 16.4. The van der Waals surface area contributed by atoms with E-state index >= 15 is 0 Å². The molecule has 3 heterocycles. The Morgan fingerprint density at radius 3 is 2.79 bits per heavy atom. The zero-order valence-corrected chi connectivity index (χ0v) is 17.5. The third-order valence-electron chi connectivity index (χ3n) is 5.10. The lowest BCUT2D eigenvalue weighted by Gasteiger charge is -2.29. The molecule has 3 aromatic rings. The van der Waals surface area contributed by atoms with Crippen LogP contribution in [0.4, 0.5) is 0 Å². The Kier molecular flexibility index (Phi) is 4.91. The number of nitrogens with one attached hydrogen (secondary N) is 2. The first-order valence-corrected chi connectivity index (χ1v) is 9.91. The van der Waals surface area contributed by atoms with Gasteiger partial charge in [0, 0.05) is 31.0 Å². The van der Waals surface area contributed by atoms with E-state index in [2.05, 4.69) is 31.4 Å². The highest BCUT2D eigenvalue weighted by molar-refractivity contribution is 9.10. The standard InChI is InChI=1S/C20H20BrN5O3/c1-11-18(27)16(24-23-11)20(29)26-9-5-6-12(10-26)22-19(28)17-15(21)13-7-3-4-8-14(13)25(17)2/h3-8,12,27H,9-10H2,1-2H3,(H,22,28)(H,23,24). The number of hydrogen-bond donors (Lipinski definition) is 3. The summed E-state index contributed by atoms with van der Waals surface area (Å²) in [6, 6.07) is 7.41. The number of benzene rings is 1. The first kappa shape index (κ1) is 19.3. The van der Waals surface area contributed by atoms with Crippen LogP contribution in [0.15, 0.2) is 40.9 Å². The van der Waals surface area contributed by atoms with Crippen molar-refractivity contribution in [3.63, 3.8) is 0 Å². The van der Waals surface area contributed by atoms with Crippen molar-refractivity contribution < 1.29 is 14.7 Å². The van der Waals surface area contributed by atoms with Crippen LogP contribution in [0.1, 0.15) is 26.7 Å². The Bertz CT molecular complexity index is 1110. The molecule has 0 saturated heterocycles. The number of aromatic amines is 1. The van der Waals surface area contributed by atoms with Gasteiger partial charge >= 0.3 is 0 Å². The lowest BCUT2D eigenvalue weighted by Crippen LogP contribution is -2.47. The first-order chi connectivity index (χ1) is 13.9. The Balaban J connectivity index is 1.52. The average Bonchev–Trinajstić information content (AvgIpc) is 3.18. The molecule has 150 valence electrons. The summed E-state index contributed by atoms with van der Waals surface area (Å²) in [5.74, 6) is -0.748. The summed E-state index contributed by atoms with van der Waals surface area (Å²) in [6.07, 6.45) is 3.69. The molecule has 1 aliphatic heterocycles. The molecule has 1 atom stereocenters. The second-order valence-electron chi connectivity index (χ2n) is 6.99. The Morgan fingerprint density at radius 1 is 1.34 bits per heavy atom. The van der Waals surface area contributed by atoms with Crippen LogP contribution in [-0.2, 0) is 7.05 Å². The van der Waals surface area contributed by atoms with E-state index in [1.807, 2.05) is 48.0 Å². The predicted octanol–water partition coefficient (Wildman–Crippen LogP) is 2.49. The van der Waals surface area contributed by atoms with Crippen molar-refractivity contribution in [2.75, 3.05) is 13.1 Å². The van der Waals surface area contributed by atoms with Gasteiger partial charge in [0.15, 0.2) is 11.4 Å². The van der Waals surface area contributed by atoms with E-state index in [0.29, 0.717) is 24.5 Å². The fourth-order valence-corrected chi connectivity index (χ4v) is 4.34. The fraction of sp³-hybridized carbons (Fsp3) is 0.250. The summed E-state index contributed by atoms with van der Waals surface area (Å²) < 4.78 is 2.58. The van der Waals surface area contributed by atoms with E-state index in [4.69, 9.17) is 0 Å². The monoisotopic (exact) mass is 457 g/mol. The molecule has 0 fully saturated rings. The quantitative estimate of drug-likeness (QED) is 0.525. The summed E-state index contributed by atoms with van der Waals surface area (Å²) in [6.45, 7) is 2.30. The number of aromatic nitrogens is 3. The highest BCUT2D eigenvalue weighted by atomic mass is 79.9. The molecule has 1 aliphatic rings. The SMILES string of the molecule is Cc1n[nH]c(C(=O)N2CC=CC(NC(=O)c3c(Br)c4ccccc4n3C)C2)c1O. The molecule has 4 rings (SSSR count). The lowest BCUT2D eigenvalue weighted by molar-refractivity contribution is 0.0735. The molecule has 2 aromatic heterocycles. The molecular formula is C20H20BrN5O3. The van der Waals surface area contributed by atoms with Gasteiger partial charge < -0.3 is 19.9 Å². The van der Waals surface area contributed by atoms with Crippen LogP contribution in [0, 0.1) is 6.92 Å². The number of aryl methyl sites for hydroxylation is 2. The average molecular weight is 458 g/mol. The number of hydrogen-bond acceptors (Lipinski definition) is 4. The van der Waals surface area contributed by atoms with Crippen molar-refractivity contribution in [3.05, 3.63) is 58.0 Å². The van der Waals surface area contributed by atoms with Gasteiger partial charge in [0.25, 0.3) is 11.8 Å². The van der Waals surface area contributed by atoms with Crippen molar-refractivity contribution in [2.24, 2.45) is 7.05 Å². The third kappa shape index (κ3) is 3.31. The molecule has 1 unspecified atom stereocenters. The topological polar surface area (TPSA) is 103 Å². The highest BCUT2D eigenvalue weighted by Gasteiger charge is 2.28. The van der Waals surface area contributed by atoms with Crippen LogP contribution in [0.25, 0.3) is 10.9 Å². The molecular weight excluding hydrogens is 438 g/mol. The number of carbonyl (C=O) groups is 2. The maximum absolute atomic E-state index is 13.0. The van der Waals surface area contributed by atoms with Gasteiger partial charge in [-0.2, -0.15) is 5.10 Å². The Labute approximate surface area is 175 Å². The number of nitrogens with zero attached hydrogens (tertiary/aromatic N) is 3. The number of rotatable bonds is 3. The van der Waals surface area contributed by atoms with Gasteiger partial charge in [-0.25, -0.2) is 0 Å². The number of para-hydroxylation sites is 1. The molecule has 9 heteroatoms. The molecule has 0 bridgehead atoms. The summed E-state index contributed by atoms with van der Waals surface area (Å²) in [4.78, 5) is 27.2. The minimum Gasteiger partial charge on any atom is -0.504 e. The van der Waals surface area contributed by atoms with Gasteiger partial charge in [-0.15, -0.1) is 0 Å². The molecule has 1 aromatic carbocycles. The number of amides is 2. The Morgan fingerprint density at radius 2 is 2.10 bits per heavy atom. The van der Waals surface area contributed by atoms with Crippen LogP contribution in [-0.4, -0.2) is 55.7 Å². The van der Waals surface area contributed by atoms with Crippen molar-refractivity contribution in [1.82, 2.24) is 25.0 Å². The van der Waals surface area contributed by atoms with E-state index in [0.717, 1.165) is 15.4 Å². The summed E-state index contributed by atoms with van der Waals surface area (Å²) in [7, 11) is 1.85. The smallest absolute Gasteiger partial charge is 0.276 e. The first-order valence-electron chi connectivity index (χ1n) is 9.12. The molecule has 0 spiro atoms. The highest BCUT2D eigenvalue weighted by Crippen LogP contribution is 2.30. The third-order valence-corrected chi connectivity index (χ3v) is 5.91. The predicted molar refractivity (Wildman–Crippen MR) is 112 cm³/mol. The van der Waals surface area contributed by atoms with Gasteiger partial charge in [-0.3, -0.25) is 14.7 Å². The number of H-pyrrole nitrogens is 1. The number of aromatic hydroxyl groups is 1. The van der Waals surface area contributed by atoms with E-state index in [9.17, 15) is 14.7 Å². The van der Waals surface area contributed by atoms with Crippen LogP contribution in [0.2, 0.25) is 0 Å². The van der Waals surface area contributed by atoms with Crippen LogP contribution < -0.4 is 5.32 Å². The number of fused-ring (bicyclic) bond motifs is 1. The van der Waals surface area contributed by atoms with Gasteiger partial charge in [0.2, 0.25) is 0 Å². The molecule has 2 amide bonds. The molecule has 0 saturated carbocycles. The van der Waals surface area contributed by atoms with Gasteiger partial charge in [-0.05, 0) is 28.9 Å². The second kappa shape index (κ2) is 7.40. The molecule has 0 radical (unpaired) electrons. The zero-order valence-electron chi connectivity index (χ0n) is 15.9. The number of halogens is 1. The van der Waals surface area contributed by atoms with E-state index in [1.165, 1.54) is 0 Å². The maximum atomic E-state index is 13.0. The van der Waals surface area contributed by atoms with E-state index in [1.54, 1.807) is 11.8 Å². The van der Waals surface area contributed by atoms with Crippen LogP contribution >= 0.6 is 15.9 Å². The van der Waals surface area contributed by atoms with Gasteiger partial charge in [-0.1, -0.05) is 30.4 Å².